The van der Waals surface area contributed by atoms with Gasteiger partial charge in [0.05, 0.1) is 5.71 Å². The SMILES string of the molecule is Cc1cccc(C(=O)N/N=C2\CCCc3oc(C(=O)Oc4cccc5ccccc45)c(C)c32)c1. The summed E-state index contributed by atoms with van der Waals surface area (Å²) in [5.74, 6) is 0.511. The van der Waals surface area contributed by atoms with Gasteiger partial charge in [-0.05, 0) is 50.3 Å². The lowest BCUT2D eigenvalue weighted by molar-refractivity contribution is 0.0700. The number of carbonyl (C=O) groups excluding carboxylic acids is 2. The third-order valence-electron chi connectivity index (χ3n) is 6.04. The van der Waals surface area contributed by atoms with Gasteiger partial charge >= 0.3 is 5.97 Å². The number of amides is 1. The van der Waals surface area contributed by atoms with Gasteiger partial charge in [0, 0.05) is 28.5 Å². The number of furan rings is 1. The fraction of sp³-hybridized carbons (Fsp3) is 0.179. The van der Waals surface area contributed by atoms with Gasteiger partial charge < -0.3 is 9.15 Å². The van der Waals surface area contributed by atoms with Gasteiger partial charge in [0.2, 0.25) is 5.76 Å². The second-order valence-electron chi connectivity index (χ2n) is 8.44. The van der Waals surface area contributed by atoms with E-state index in [0.717, 1.165) is 28.3 Å². The van der Waals surface area contributed by atoms with Gasteiger partial charge in [-0.25, -0.2) is 10.2 Å². The zero-order chi connectivity index (χ0) is 23.7. The average molecular weight is 453 g/mol. The molecule has 0 fully saturated rings. The number of nitrogens with zero attached hydrogens (tertiary/aromatic N) is 1. The smallest absolute Gasteiger partial charge is 0.379 e. The number of esters is 1. The molecule has 1 heterocycles. The predicted octanol–water partition coefficient (Wildman–Crippen LogP) is 5.74. The van der Waals surface area contributed by atoms with E-state index in [1.807, 2.05) is 68.4 Å². The highest BCUT2D eigenvalue weighted by atomic mass is 16.5. The molecule has 170 valence electrons. The lowest BCUT2D eigenvalue weighted by Gasteiger charge is -2.13. The Morgan fingerprint density at radius 3 is 2.62 bits per heavy atom. The second-order valence-corrected chi connectivity index (χ2v) is 8.44. The van der Waals surface area contributed by atoms with E-state index < -0.39 is 5.97 Å². The number of aryl methyl sites for hydroxylation is 2. The zero-order valence-electron chi connectivity index (χ0n) is 19.1. The van der Waals surface area contributed by atoms with E-state index in [0.29, 0.717) is 41.2 Å². The monoisotopic (exact) mass is 452 g/mol. The Morgan fingerprint density at radius 2 is 1.76 bits per heavy atom. The van der Waals surface area contributed by atoms with Crippen molar-refractivity contribution >= 4 is 28.4 Å². The highest BCUT2D eigenvalue weighted by Crippen LogP contribution is 2.32. The van der Waals surface area contributed by atoms with Crippen LogP contribution in [0, 0.1) is 13.8 Å². The Kier molecular flexibility index (Phi) is 5.72. The summed E-state index contributed by atoms with van der Waals surface area (Å²) in [6, 6.07) is 20.7. The summed E-state index contributed by atoms with van der Waals surface area (Å²) in [4.78, 5) is 25.6. The number of fused-ring (bicyclic) bond motifs is 2. The molecule has 1 N–H and O–H groups in total. The summed E-state index contributed by atoms with van der Waals surface area (Å²) < 4.78 is 11.7. The summed E-state index contributed by atoms with van der Waals surface area (Å²) >= 11 is 0. The number of nitrogens with one attached hydrogen (secondary N) is 1. The fourth-order valence-electron chi connectivity index (χ4n) is 4.37. The average Bonchev–Trinajstić information content (AvgIpc) is 3.20. The van der Waals surface area contributed by atoms with Gasteiger partial charge in [0.25, 0.3) is 5.91 Å². The van der Waals surface area contributed by atoms with Crippen LogP contribution in [0.1, 0.15) is 56.2 Å². The summed E-state index contributed by atoms with van der Waals surface area (Å²) in [7, 11) is 0. The van der Waals surface area contributed by atoms with E-state index in [9.17, 15) is 9.59 Å². The van der Waals surface area contributed by atoms with Crippen molar-refractivity contribution in [1.29, 1.82) is 0 Å². The number of benzene rings is 3. The van der Waals surface area contributed by atoms with E-state index in [-0.39, 0.29) is 11.7 Å². The maximum atomic E-state index is 13.1. The quantitative estimate of drug-likeness (QED) is 0.243. The largest absolute Gasteiger partial charge is 0.453 e. The van der Waals surface area contributed by atoms with Crippen molar-refractivity contribution in [3.05, 3.63) is 101 Å². The first kappa shape index (κ1) is 21.6. The summed E-state index contributed by atoms with van der Waals surface area (Å²) in [6.45, 7) is 3.76. The topological polar surface area (TPSA) is 80.9 Å². The van der Waals surface area contributed by atoms with Crippen LogP contribution in [-0.4, -0.2) is 17.6 Å². The Labute approximate surface area is 197 Å². The molecular weight excluding hydrogens is 428 g/mol. The first-order valence-corrected chi connectivity index (χ1v) is 11.3. The van der Waals surface area contributed by atoms with Crippen molar-refractivity contribution < 1.29 is 18.7 Å². The van der Waals surface area contributed by atoms with Gasteiger partial charge in [-0.15, -0.1) is 0 Å². The first-order valence-electron chi connectivity index (χ1n) is 11.3. The molecule has 3 aromatic carbocycles. The van der Waals surface area contributed by atoms with Crippen molar-refractivity contribution in [2.24, 2.45) is 5.10 Å². The molecule has 34 heavy (non-hydrogen) atoms. The van der Waals surface area contributed by atoms with Crippen LogP contribution in [0.15, 0.2) is 76.2 Å². The van der Waals surface area contributed by atoms with Crippen LogP contribution < -0.4 is 10.2 Å². The number of ether oxygens (including phenoxy) is 1. The Bertz CT molecular complexity index is 1440. The van der Waals surface area contributed by atoms with Gasteiger partial charge in [-0.2, -0.15) is 5.10 Å². The fourth-order valence-corrected chi connectivity index (χ4v) is 4.37. The Morgan fingerprint density at radius 1 is 0.971 bits per heavy atom. The second kappa shape index (κ2) is 8.98. The van der Waals surface area contributed by atoms with Crippen LogP contribution in [0.25, 0.3) is 10.8 Å². The number of hydrazone groups is 1. The normalized spacial score (nSPS) is 14.1. The summed E-state index contributed by atoms with van der Waals surface area (Å²) in [5.41, 5.74) is 6.35. The van der Waals surface area contributed by atoms with E-state index in [2.05, 4.69) is 10.5 Å². The number of carbonyl (C=O) groups is 2. The third-order valence-corrected chi connectivity index (χ3v) is 6.04. The van der Waals surface area contributed by atoms with E-state index in [4.69, 9.17) is 9.15 Å². The molecule has 0 spiro atoms. The molecule has 1 aromatic heterocycles. The van der Waals surface area contributed by atoms with E-state index >= 15 is 0 Å². The molecule has 0 aliphatic heterocycles. The maximum absolute atomic E-state index is 13.1. The lowest BCUT2D eigenvalue weighted by Crippen LogP contribution is -2.22. The molecule has 0 saturated heterocycles. The van der Waals surface area contributed by atoms with Crippen molar-refractivity contribution in [2.45, 2.75) is 33.1 Å². The molecule has 0 saturated carbocycles. The van der Waals surface area contributed by atoms with E-state index in [1.165, 1.54) is 0 Å². The first-order chi connectivity index (χ1) is 16.5. The van der Waals surface area contributed by atoms with Crippen LogP contribution in [0.3, 0.4) is 0 Å². The van der Waals surface area contributed by atoms with Crippen molar-refractivity contribution in [3.8, 4) is 5.75 Å². The molecule has 6 heteroatoms. The van der Waals surface area contributed by atoms with Gasteiger partial charge in [0.15, 0.2) is 0 Å². The Hall–Kier alpha value is -4.19. The molecule has 6 nitrogen and oxygen atoms in total. The molecular formula is C28H24N2O4. The minimum atomic E-state index is -0.550. The molecule has 4 aromatic rings. The minimum absolute atomic E-state index is 0.164. The van der Waals surface area contributed by atoms with Crippen LogP contribution in [0.5, 0.6) is 5.75 Å². The molecule has 1 aliphatic rings. The Balaban J connectivity index is 1.41. The standard InChI is InChI=1S/C28H24N2O4/c1-17-8-5-11-20(16-17)27(31)30-29-22-13-7-15-24-25(22)18(2)26(33-24)28(32)34-23-14-6-10-19-9-3-4-12-21(19)23/h3-6,8-12,14,16H,7,13,15H2,1-2H3,(H,30,31)/b29-22+. The van der Waals surface area contributed by atoms with Crippen molar-refractivity contribution in [3.63, 3.8) is 0 Å². The lowest BCUT2D eigenvalue weighted by atomic mass is 9.93. The minimum Gasteiger partial charge on any atom is -0.453 e. The van der Waals surface area contributed by atoms with Crippen molar-refractivity contribution in [2.75, 3.05) is 0 Å². The molecule has 0 atom stereocenters. The molecule has 1 aliphatic carbocycles. The van der Waals surface area contributed by atoms with Crippen LogP contribution in [-0.2, 0) is 6.42 Å². The predicted molar refractivity (Wildman–Crippen MR) is 130 cm³/mol. The van der Waals surface area contributed by atoms with Gasteiger partial charge in [0.1, 0.15) is 11.5 Å². The summed E-state index contributed by atoms with van der Waals surface area (Å²) in [6.07, 6.45) is 2.19. The molecule has 5 rings (SSSR count). The van der Waals surface area contributed by atoms with Crippen LogP contribution in [0.2, 0.25) is 0 Å². The highest BCUT2D eigenvalue weighted by molar-refractivity contribution is 6.07. The van der Waals surface area contributed by atoms with Gasteiger partial charge in [-0.1, -0.05) is 54.1 Å². The van der Waals surface area contributed by atoms with Crippen LogP contribution in [0.4, 0.5) is 0 Å². The third kappa shape index (κ3) is 4.10. The molecule has 0 unspecified atom stereocenters. The number of hydrogen-bond donors (Lipinski definition) is 1. The number of hydrogen-bond acceptors (Lipinski definition) is 5. The van der Waals surface area contributed by atoms with E-state index in [1.54, 1.807) is 12.1 Å². The summed E-state index contributed by atoms with van der Waals surface area (Å²) in [5, 5.41) is 6.24. The van der Waals surface area contributed by atoms with Crippen molar-refractivity contribution in [1.82, 2.24) is 5.43 Å². The van der Waals surface area contributed by atoms with Gasteiger partial charge in [-0.3, -0.25) is 4.79 Å². The molecule has 1 amide bonds. The number of rotatable bonds is 4. The van der Waals surface area contributed by atoms with Crippen LogP contribution >= 0.6 is 0 Å². The zero-order valence-corrected chi connectivity index (χ0v) is 19.1. The maximum Gasteiger partial charge on any atom is 0.379 e. The molecule has 0 bridgehead atoms. The molecule has 0 radical (unpaired) electrons. The highest BCUT2D eigenvalue weighted by Gasteiger charge is 2.29.